The van der Waals surface area contributed by atoms with Gasteiger partial charge < -0.3 is 4.74 Å². The Kier molecular flexibility index (Phi) is 4.43. The Morgan fingerprint density at radius 2 is 1.27 bits per heavy atom. The molecule has 3 saturated carbocycles. The molecule has 1 nitrogen and oxygen atoms in total. The maximum atomic E-state index is 7.05. The van der Waals surface area contributed by atoms with Crippen molar-refractivity contribution < 1.29 is 4.74 Å². The van der Waals surface area contributed by atoms with Crippen LogP contribution in [-0.4, -0.2) is 11.7 Å². The number of hydrogen-bond donors (Lipinski definition) is 0. The minimum Gasteiger partial charge on any atom is -0.371 e. The summed E-state index contributed by atoms with van der Waals surface area (Å²) >= 11 is 0. The van der Waals surface area contributed by atoms with Gasteiger partial charge in [0.05, 0.1) is 11.7 Å². The van der Waals surface area contributed by atoms with Crippen LogP contribution in [0.4, 0.5) is 0 Å². The van der Waals surface area contributed by atoms with E-state index in [1.807, 2.05) is 0 Å². The van der Waals surface area contributed by atoms with Gasteiger partial charge in [-0.1, -0.05) is 66.2 Å². The van der Waals surface area contributed by atoms with E-state index in [0.717, 1.165) is 11.8 Å². The van der Waals surface area contributed by atoms with Crippen LogP contribution in [0.25, 0.3) is 0 Å². The monoisotopic (exact) mass is 306 g/mol. The first-order valence-electron chi connectivity index (χ1n) is 10.0. The topological polar surface area (TPSA) is 9.23 Å². The summed E-state index contributed by atoms with van der Waals surface area (Å²) in [7, 11) is 0. The first-order chi connectivity index (χ1) is 10.3. The summed E-state index contributed by atoms with van der Waals surface area (Å²) in [5, 5.41) is 0. The fourth-order valence-electron chi connectivity index (χ4n) is 6.17. The molecule has 3 fully saturated rings. The fourth-order valence-corrected chi connectivity index (χ4v) is 6.17. The van der Waals surface area contributed by atoms with Gasteiger partial charge in [-0.15, -0.1) is 0 Å². The van der Waals surface area contributed by atoms with Crippen LogP contribution in [0.3, 0.4) is 0 Å². The van der Waals surface area contributed by atoms with Crippen LogP contribution in [-0.2, 0) is 4.74 Å². The van der Waals surface area contributed by atoms with Gasteiger partial charge in [0.1, 0.15) is 0 Å². The van der Waals surface area contributed by atoms with Crippen LogP contribution in [0.1, 0.15) is 98.8 Å². The van der Waals surface area contributed by atoms with Crippen LogP contribution in [0.2, 0.25) is 0 Å². The molecule has 0 bridgehead atoms. The number of rotatable bonds is 4. The van der Waals surface area contributed by atoms with E-state index in [9.17, 15) is 0 Å². The van der Waals surface area contributed by atoms with Gasteiger partial charge in [-0.25, -0.2) is 0 Å². The third-order valence-corrected chi connectivity index (χ3v) is 8.58. The Labute approximate surface area is 138 Å². The van der Waals surface area contributed by atoms with Gasteiger partial charge in [-0.3, -0.25) is 0 Å². The Balaban J connectivity index is 1.84. The molecule has 0 heterocycles. The van der Waals surface area contributed by atoms with Crippen molar-refractivity contribution in [2.45, 2.75) is 111 Å². The molecule has 0 spiro atoms. The lowest BCUT2D eigenvalue weighted by molar-refractivity contribution is -0.178. The first kappa shape index (κ1) is 16.8. The summed E-state index contributed by atoms with van der Waals surface area (Å²) < 4.78 is 7.05. The van der Waals surface area contributed by atoms with Crippen LogP contribution >= 0.6 is 0 Å². The van der Waals surface area contributed by atoms with Crippen LogP contribution < -0.4 is 0 Å². The highest BCUT2D eigenvalue weighted by atomic mass is 16.5. The predicted octanol–water partition coefficient (Wildman–Crippen LogP) is 6.36. The smallest absolute Gasteiger partial charge is 0.0747 e. The van der Waals surface area contributed by atoms with Crippen LogP contribution in [0.5, 0.6) is 0 Å². The third-order valence-electron chi connectivity index (χ3n) is 8.58. The highest BCUT2D eigenvalue weighted by molar-refractivity contribution is 5.22. The van der Waals surface area contributed by atoms with Crippen molar-refractivity contribution in [3.05, 3.63) is 0 Å². The van der Waals surface area contributed by atoms with Crippen molar-refractivity contribution in [2.75, 3.05) is 0 Å². The minimum absolute atomic E-state index is 0.0817. The molecule has 0 aliphatic heterocycles. The van der Waals surface area contributed by atoms with Crippen molar-refractivity contribution in [1.29, 1.82) is 0 Å². The molecule has 0 amide bonds. The molecule has 3 rings (SSSR count). The third kappa shape index (κ3) is 2.38. The van der Waals surface area contributed by atoms with Crippen molar-refractivity contribution in [3.63, 3.8) is 0 Å². The molecule has 0 N–H and O–H groups in total. The highest BCUT2D eigenvalue weighted by Gasteiger charge is 2.74. The minimum atomic E-state index is 0.0817. The van der Waals surface area contributed by atoms with E-state index in [0.29, 0.717) is 16.9 Å². The molecule has 0 aromatic carbocycles. The second kappa shape index (κ2) is 5.80. The van der Waals surface area contributed by atoms with Gasteiger partial charge in [0.2, 0.25) is 0 Å². The second-order valence-electron chi connectivity index (χ2n) is 9.47. The van der Waals surface area contributed by atoms with Crippen molar-refractivity contribution in [3.8, 4) is 0 Å². The fraction of sp³-hybridized carbons (Fsp3) is 1.00. The number of ether oxygens (including phenoxy) is 1. The zero-order valence-electron chi connectivity index (χ0n) is 15.7. The molecule has 0 aromatic rings. The maximum Gasteiger partial charge on any atom is 0.0747 e. The van der Waals surface area contributed by atoms with Crippen LogP contribution in [0.15, 0.2) is 0 Å². The van der Waals surface area contributed by atoms with Gasteiger partial charge >= 0.3 is 0 Å². The molecular weight excluding hydrogens is 268 g/mol. The Morgan fingerprint density at radius 3 is 1.73 bits per heavy atom. The Bertz CT molecular complexity index is 389. The Morgan fingerprint density at radius 1 is 0.818 bits per heavy atom. The van der Waals surface area contributed by atoms with Gasteiger partial charge in [-0.2, -0.15) is 0 Å². The summed E-state index contributed by atoms with van der Waals surface area (Å²) in [6.45, 7) is 12.5. The van der Waals surface area contributed by atoms with Crippen molar-refractivity contribution >= 4 is 0 Å². The summed E-state index contributed by atoms with van der Waals surface area (Å²) in [4.78, 5) is 0. The molecule has 3 unspecified atom stereocenters. The summed E-state index contributed by atoms with van der Waals surface area (Å²) in [6.07, 6.45) is 14.3. The number of hydrogen-bond acceptors (Lipinski definition) is 1. The van der Waals surface area contributed by atoms with E-state index in [-0.39, 0.29) is 5.60 Å². The molecular formula is C21H38O. The zero-order valence-corrected chi connectivity index (χ0v) is 15.7. The predicted molar refractivity (Wildman–Crippen MR) is 94.0 cm³/mol. The van der Waals surface area contributed by atoms with E-state index in [4.69, 9.17) is 4.74 Å². The molecule has 3 aliphatic rings. The normalized spacial score (nSPS) is 39.4. The largest absolute Gasteiger partial charge is 0.371 e. The van der Waals surface area contributed by atoms with E-state index < -0.39 is 0 Å². The van der Waals surface area contributed by atoms with Crippen LogP contribution in [0, 0.1) is 22.7 Å². The average Bonchev–Trinajstić information content (AvgIpc) is 2.94. The summed E-state index contributed by atoms with van der Waals surface area (Å²) in [5.74, 6) is 1.55. The first-order valence-corrected chi connectivity index (χ1v) is 10.0. The maximum absolute atomic E-state index is 7.05. The molecule has 0 saturated heterocycles. The highest BCUT2D eigenvalue weighted by Crippen LogP contribution is 2.75. The summed E-state index contributed by atoms with van der Waals surface area (Å²) in [6, 6.07) is 0. The lowest BCUT2D eigenvalue weighted by atomic mass is 9.67. The molecule has 0 aromatic heterocycles. The Hall–Kier alpha value is -0.0400. The summed E-state index contributed by atoms with van der Waals surface area (Å²) in [5.41, 5.74) is 0.853. The molecule has 0 radical (unpaired) electrons. The molecule has 3 atom stereocenters. The lowest BCUT2D eigenvalue weighted by Crippen LogP contribution is -2.50. The molecule has 1 heteroatoms. The van der Waals surface area contributed by atoms with Gasteiger partial charge in [0.25, 0.3) is 0 Å². The van der Waals surface area contributed by atoms with E-state index >= 15 is 0 Å². The molecule has 3 aliphatic carbocycles. The zero-order chi connectivity index (χ0) is 16.0. The van der Waals surface area contributed by atoms with E-state index in [2.05, 4.69) is 34.6 Å². The van der Waals surface area contributed by atoms with E-state index in [1.165, 1.54) is 64.2 Å². The standard InChI is InChI=1S/C21H38O/c1-16-19(2,3)20(16,4)21(5,17-12-8-6-9-13-17)22-18-14-10-7-11-15-18/h16-18H,6-15H2,1-5H3. The van der Waals surface area contributed by atoms with Crippen molar-refractivity contribution in [1.82, 2.24) is 0 Å². The molecule has 22 heavy (non-hydrogen) atoms. The average molecular weight is 307 g/mol. The quantitative estimate of drug-likeness (QED) is 0.587. The SMILES string of the molecule is CC1C(C)(C)C1(C)C(C)(OC1CCCCC1)C1CCCCC1. The van der Waals surface area contributed by atoms with Gasteiger partial charge in [0.15, 0.2) is 0 Å². The second-order valence-corrected chi connectivity index (χ2v) is 9.47. The van der Waals surface area contributed by atoms with Crippen molar-refractivity contribution in [2.24, 2.45) is 22.7 Å². The van der Waals surface area contributed by atoms with Gasteiger partial charge in [0, 0.05) is 5.41 Å². The van der Waals surface area contributed by atoms with Gasteiger partial charge in [-0.05, 0) is 49.9 Å². The molecule has 128 valence electrons. The van der Waals surface area contributed by atoms with E-state index in [1.54, 1.807) is 0 Å². The lowest BCUT2D eigenvalue weighted by Gasteiger charge is -2.49.